The number of halogens is 1. The molecule has 0 bridgehead atoms. The third-order valence-corrected chi connectivity index (χ3v) is 7.16. The molecule has 1 fully saturated rings. The first-order chi connectivity index (χ1) is 17.5. The number of fused-ring (bicyclic) bond motifs is 1. The van der Waals surface area contributed by atoms with Crippen molar-refractivity contribution in [1.29, 1.82) is 0 Å². The van der Waals surface area contributed by atoms with E-state index in [1.54, 1.807) is 6.08 Å². The Balaban J connectivity index is 1.28. The van der Waals surface area contributed by atoms with Crippen molar-refractivity contribution in [2.45, 2.75) is 13.3 Å². The zero-order valence-corrected chi connectivity index (χ0v) is 21.8. The first-order valence-electron chi connectivity index (χ1n) is 12.1. The summed E-state index contributed by atoms with van der Waals surface area (Å²) in [5.74, 6) is 0.0620. The largest absolute Gasteiger partial charge is 0.354 e. The van der Waals surface area contributed by atoms with Crippen LogP contribution in [0.5, 0.6) is 0 Å². The monoisotopic (exact) mass is 541 g/mol. The molecule has 1 aliphatic heterocycles. The maximum Gasteiger partial charge on any atom is 0.246 e. The number of piperazine rings is 1. The lowest BCUT2D eigenvalue weighted by Crippen LogP contribution is -2.50. The Morgan fingerprint density at radius 2 is 1.67 bits per heavy atom. The van der Waals surface area contributed by atoms with Gasteiger partial charge in [0.1, 0.15) is 0 Å². The Morgan fingerprint density at radius 3 is 2.42 bits per heavy atom. The SMILES string of the molecule is Cc1cccc(/C=C/C(=O)N2CCN(C(=O)Cc3c(-c4ccccc4)[nH]c4ccc(Br)cc34)CC2)c1. The molecule has 1 aliphatic rings. The van der Waals surface area contributed by atoms with Gasteiger partial charge >= 0.3 is 0 Å². The molecule has 6 heteroatoms. The summed E-state index contributed by atoms with van der Waals surface area (Å²) in [5, 5.41) is 1.05. The van der Waals surface area contributed by atoms with E-state index in [2.05, 4.69) is 39.1 Å². The van der Waals surface area contributed by atoms with Gasteiger partial charge in [-0.25, -0.2) is 0 Å². The minimum absolute atomic E-state index is 0.0172. The van der Waals surface area contributed by atoms with E-state index in [9.17, 15) is 9.59 Å². The normalized spacial score (nSPS) is 14.1. The second-order valence-corrected chi connectivity index (χ2v) is 10.1. The smallest absolute Gasteiger partial charge is 0.246 e. The number of aromatic nitrogens is 1. The van der Waals surface area contributed by atoms with Crippen molar-refractivity contribution in [2.75, 3.05) is 26.2 Å². The molecule has 2 heterocycles. The van der Waals surface area contributed by atoms with Crippen molar-refractivity contribution in [1.82, 2.24) is 14.8 Å². The van der Waals surface area contributed by atoms with Gasteiger partial charge in [0.2, 0.25) is 11.8 Å². The van der Waals surface area contributed by atoms with E-state index in [1.165, 1.54) is 0 Å². The molecule has 1 aromatic heterocycles. The first kappa shape index (κ1) is 24.1. The third kappa shape index (κ3) is 5.29. The van der Waals surface area contributed by atoms with Gasteiger partial charge in [-0.1, -0.05) is 76.1 Å². The molecule has 182 valence electrons. The highest BCUT2D eigenvalue weighted by Gasteiger charge is 2.25. The fraction of sp³-hybridized carbons (Fsp3) is 0.200. The van der Waals surface area contributed by atoms with Gasteiger partial charge in [0.25, 0.3) is 0 Å². The minimum Gasteiger partial charge on any atom is -0.354 e. The summed E-state index contributed by atoms with van der Waals surface area (Å²) < 4.78 is 0.980. The van der Waals surface area contributed by atoms with Crippen molar-refractivity contribution in [3.8, 4) is 11.3 Å². The van der Waals surface area contributed by atoms with Gasteiger partial charge in [-0.3, -0.25) is 9.59 Å². The van der Waals surface area contributed by atoms with E-state index in [1.807, 2.05) is 77.4 Å². The summed E-state index contributed by atoms with van der Waals surface area (Å²) >= 11 is 3.57. The molecule has 5 nitrogen and oxygen atoms in total. The quantitative estimate of drug-likeness (QED) is 0.323. The van der Waals surface area contributed by atoms with Crippen LogP contribution in [0.3, 0.4) is 0 Å². The fourth-order valence-electron chi connectivity index (χ4n) is 4.74. The summed E-state index contributed by atoms with van der Waals surface area (Å²) in [6.45, 7) is 4.18. The summed E-state index contributed by atoms with van der Waals surface area (Å²) in [4.78, 5) is 33.3. The topological polar surface area (TPSA) is 56.4 Å². The van der Waals surface area contributed by atoms with Crippen LogP contribution in [-0.4, -0.2) is 52.8 Å². The number of nitrogens with one attached hydrogen (secondary N) is 1. The van der Waals surface area contributed by atoms with Crippen LogP contribution in [0.15, 0.2) is 83.3 Å². The minimum atomic E-state index is -0.0172. The number of carbonyl (C=O) groups is 2. The maximum absolute atomic E-state index is 13.4. The van der Waals surface area contributed by atoms with Crippen LogP contribution in [0, 0.1) is 6.92 Å². The second kappa shape index (κ2) is 10.5. The number of aromatic amines is 1. The highest BCUT2D eigenvalue weighted by Crippen LogP contribution is 2.33. The number of carbonyl (C=O) groups excluding carboxylic acids is 2. The van der Waals surface area contributed by atoms with Crippen LogP contribution >= 0.6 is 15.9 Å². The molecule has 36 heavy (non-hydrogen) atoms. The predicted octanol–water partition coefficient (Wildman–Crippen LogP) is 5.83. The highest BCUT2D eigenvalue weighted by atomic mass is 79.9. The van der Waals surface area contributed by atoms with Gasteiger partial charge in [0, 0.05) is 47.6 Å². The molecule has 0 spiro atoms. The van der Waals surface area contributed by atoms with Crippen molar-refractivity contribution in [3.63, 3.8) is 0 Å². The number of H-pyrrole nitrogens is 1. The number of rotatable bonds is 5. The molecule has 0 saturated carbocycles. The average molecular weight is 542 g/mol. The molecular weight excluding hydrogens is 514 g/mol. The lowest BCUT2D eigenvalue weighted by Gasteiger charge is -2.34. The molecule has 0 radical (unpaired) electrons. The Morgan fingerprint density at radius 1 is 0.917 bits per heavy atom. The molecule has 3 aromatic carbocycles. The lowest BCUT2D eigenvalue weighted by atomic mass is 10.0. The predicted molar refractivity (Wildman–Crippen MR) is 149 cm³/mol. The molecule has 5 rings (SSSR count). The number of amides is 2. The van der Waals surface area contributed by atoms with E-state index >= 15 is 0 Å². The molecule has 1 saturated heterocycles. The molecular formula is C30H28BrN3O2. The van der Waals surface area contributed by atoms with Crippen molar-refractivity contribution >= 4 is 44.7 Å². The number of hydrogen-bond acceptors (Lipinski definition) is 2. The lowest BCUT2D eigenvalue weighted by molar-refractivity contribution is -0.136. The summed E-state index contributed by atoms with van der Waals surface area (Å²) in [6, 6.07) is 24.3. The van der Waals surface area contributed by atoms with Crippen LogP contribution in [0.25, 0.3) is 28.2 Å². The Hall–Kier alpha value is -3.64. The van der Waals surface area contributed by atoms with E-state index in [0.717, 1.165) is 43.3 Å². The van der Waals surface area contributed by atoms with Gasteiger partial charge < -0.3 is 14.8 Å². The summed E-state index contributed by atoms with van der Waals surface area (Å²) in [7, 11) is 0. The van der Waals surface area contributed by atoms with Gasteiger partial charge in [-0.15, -0.1) is 0 Å². The van der Waals surface area contributed by atoms with Gasteiger partial charge in [0.05, 0.1) is 12.1 Å². The standard InChI is InChI=1S/C30H28BrN3O2/c1-21-6-5-7-22(18-21)10-13-28(35)33-14-16-34(17-15-33)29(36)20-26-25-19-24(31)11-12-27(25)32-30(26)23-8-3-2-4-9-23/h2-13,18-19,32H,14-17,20H2,1H3/b13-10+. The Labute approximate surface area is 219 Å². The average Bonchev–Trinajstić information content (AvgIpc) is 3.25. The zero-order valence-electron chi connectivity index (χ0n) is 20.2. The van der Waals surface area contributed by atoms with E-state index in [4.69, 9.17) is 0 Å². The van der Waals surface area contributed by atoms with Crippen molar-refractivity contribution in [3.05, 3.63) is 100 Å². The van der Waals surface area contributed by atoms with Crippen LogP contribution in [-0.2, 0) is 16.0 Å². The number of aryl methyl sites for hydroxylation is 1. The molecule has 4 aromatic rings. The number of nitrogens with zero attached hydrogens (tertiary/aromatic N) is 2. The molecule has 1 N–H and O–H groups in total. The first-order valence-corrected chi connectivity index (χ1v) is 12.9. The summed E-state index contributed by atoms with van der Waals surface area (Å²) in [5.41, 5.74) is 6.22. The van der Waals surface area contributed by atoms with Crippen LogP contribution in [0.4, 0.5) is 0 Å². The zero-order chi connectivity index (χ0) is 25.1. The van der Waals surface area contributed by atoms with Gasteiger partial charge in [-0.05, 0) is 47.9 Å². The molecule has 0 atom stereocenters. The maximum atomic E-state index is 13.4. The molecule has 0 unspecified atom stereocenters. The number of hydrogen-bond donors (Lipinski definition) is 1. The van der Waals surface area contributed by atoms with Crippen LogP contribution < -0.4 is 0 Å². The third-order valence-electron chi connectivity index (χ3n) is 6.66. The van der Waals surface area contributed by atoms with E-state index in [-0.39, 0.29) is 11.8 Å². The van der Waals surface area contributed by atoms with E-state index in [0.29, 0.717) is 32.6 Å². The van der Waals surface area contributed by atoms with Crippen molar-refractivity contribution < 1.29 is 9.59 Å². The second-order valence-electron chi connectivity index (χ2n) is 9.16. The number of benzene rings is 3. The van der Waals surface area contributed by atoms with Gasteiger partial charge in [-0.2, -0.15) is 0 Å². The fourth-order valence-corrected chi connectivity index (χ4v) is 5.10. The van der Waals surface area contributed by atoms with Crippen LogP contribution in [0.2, 0.25) is 0 Å². The molecule has 2 amide bonds. The van der Waals surface area contributed by atoms with E-state index < -0.39 is 0 Å². The molecule has 0 aliphatic carbocycles. The van der Waals surface area contributed by atoms with Gasteiger partial charge in [0.15, 0.2) is 0 Å². The highest BCUT2D eigenvalue weighted by molar-refractivity contribution is 9.10. The van der Waals surface area contributed by atoms with Crippen LogP contribution in [0.1, 0.15) is 16.7 Å². The van der Waals surface area contributed by atoms with Crippen molar-refractivity contribution in [2.24, 2.45) is 0 Å². The Bertz CT molecular complexity index is 1430. The summed E-state index contributed by atoms with van der Waals surface area (Å²) in [6.07, 6.45) is 3.79. The Kier molecular flexibility index (Phi) is 7.05.